The lowest BCUT2D eigenvalue weighted by Crippen LogP contribution is -1.98. The van der Waals surface area contributed by atoms with Gasteiger partial charge in [0, 0.05) is 6.42 Å². The molecule has 2 atom stereocenters. The molecule has 0 radical (unpaired) electrons. The molecule has 0 N–H and O–H groups in total. The summed E-state index contributed by atoms with van der Waals surface area (Å²) in [5.41, 5.74) is 0.305. The molecule has 0 aliphatic heterocycles. The zero-order valence-electron chi connectivity index (χ0n) is 7.38. The summed E-state index contributed by atoms with van der Waals surface area (Å²) in [6, 6.07) is 0. The number of carbonyl (C=O) groups is 1. The molecule has 2 saturated carbocycles. The maximum absolute atomic E-state index is 10.2. The van der Waals surface area contributed by atoms with E-state index in [0.717, 1.165) is 0 Å². The first kappa shape index (κ1) is 10.0. The lowest BCUT2D eigenvalue weighted by atomic mass is 10.0. The Morgan fingerprint density at radius 3 is 2.17 bits per heavy atom. The summed E-state index contributed by atoms with van der Waals surface area (Å²) in [7, 11) is 0. The molecule has 2 fully saturated rings. The van der Waals surface area contributed by atoms with Crippen LogP contribution >= 0.6 is 15.9 Å². The quantitative estimate of drug-likeness (QED) is 0.543. The van der Waals surface area contributed by atoms with Crippen LogP contribution in [0.2, 0.25) is 0 Å². The monoisotopic (exact) mass is 234 g/mol. The molecule has 0 heterocycles. The van der Waals surface area contributed by atoms with Gasteiger partial charge in [-0.15, -0.1) is 0 Å². The molecule has 0 aromatic carbocycles. The van der Waals surface area contributed by atoms with E-state index in [1.54, 1.807) is 26.2 Å². The van der Waals surface area contributed by atoms with E-state index >= 15 is 0 Å². The SMILES string of the molecule is C1CC2CC12.CCC(=O)OCBr. The summed E-state index contributed by atoms with van der Waals surface area (Å²) in [4.78, 5) is 10.2. The number of carbonyl (C=O) groups excluding carboxylic acids is 1. The fraction of sp³-hybridized carbons (Fsp3) is 0.889. The van der Waals surface area contributed by atoms with E-state index < -0.39 is 0 Å². The molecule has 12 heavy (non-hydrogen) atoms. The highest BCUT2D eigenvalue weighted by atomic mass is 79.9. The maximum Gasteiger partial charge on any atom is 0.306 e. The number of alkyl halides is 1. The highest BCUT2D eigenvalue weighted by Crippen LogP contribution is 2.55. The summed E-state index contributed by atoms with van der Waals surface area (Å²) in [6.45, 7) is 1.75. The highest BCUT2D eigenvalue weighted by Gasteiger charge is 2.44. The topological polar surface area (TPSA) is 26.3 Å². The fourth-order valence-corrected chi connectivity index (χ4v) is 1.60. The second-order valence-electron chi connectivity index (χ2n) is 3.31. The van der Waals surface area contributed by atoms with Gasteiger partial charge in [0.15, 0.2) is 0 Å². The van der Waals surface area contributed by atoms with E-state index in [2.05, 4.69) is 20.7 Å². The molecule has 0 aromatic heterocycles. The zero-order chi connectivity index (χ0) is 8.97. The summed E-state index contributed by atoms with van der Waals surface area (Å²) in [5.74, 6) is 2.29. The van der Waals surface area contributed by atoms with Crippen molar-refractivity contribution < 1.29 is 9.53 Å². The Balaban J connectivity index is 0.000000123. The Kier molecular flexibility index (Phi) is 4.06. The zero-order valence-corrected chi connectivity index (χ0v) is 8.97. The van der Waals surface area contributed by atoms with Gasteiger partial charge in [-0.3, -0.25) is 4.79 Å². The Morgan fingerprint density at radius 1 is 1.50 bits per heavy atom. The normalized spacial score (nSPS) is 28.8. The first-order valence-electron chi connectivity index (χ1n) is 4.49. The number of hydrogen-bond acceptors (Lipinski definition) is 2. The van der Waals surface area contributed by atoms with Crippen LogP contribution < -0.4 is 0 Å². The summed E-state index contributed by atoms with van der Waals surface area (Å²) in [6.07, 6.45) is 5.15. The Labute approximate surface area is 81.8 Å². The average Bonchev–Trinajstić information content (AvgIpc) is 2.60. The average molecular weight is 235 g/mol. The van der Waals surface area contributed by atoms with Crippen LogP contribution in [0.3, 0.4) is 0 Å². The lowest BCUT2D eigenvalue weighted by molar-refractivity contribution is -0.140. The van der Waals surface area contributed by atoms with E-state index in [4.69, 9.17) is 0 Å². The van der Waals surface area contributed by atoms with Gasteiger partial charge in [-0.1, -0.05) is 6.92 Å². The molecular formula is C9H15BrO2. The van der Waals surface area contributed by atoms with E-state index in [0.29, 0.717) is 11.9 Å². The van der Waals surface area contributed by atoms with Gasteiger partial charge in [-0.2, -0.15) is 0 Å². The summed E-state index contributed by atoms with van der Waals surface area (Å²) < 4.78 is 4.47. The molecule has 0 spiro atoms. The van der Waals surface area contributed by atoms with Gasteiger partial charge in [-0.25, -0.2) is 0 Å². The van der Waals surface area contributed by atoms with Crippen molar-refractivity contribution in [1.82, 2.24) is 0 Å². The van der Waals surface area contributed by atoms with Gasteiger partial charge in [0.2, 0.25) is 0 Å². The van der Waals surface area contributed by atoms with Crippen molar-refractivity contribution in [2.75, 3.05) is 5.52 Å². The van der Waals surface area contributed by atoms with Gasteiger partial charge >= 0.3 is 5.97 Å². The first-order chi connectivity index (χ1) is 5.77. The molecule has 2 rings (SSSR count). The molecule has 0 saturated heterocycles. The molecule has 2 nitrogen and oxygen atoms in total. The van der Waals surface area contributed by atoms with Crippen LogP contribution in [-0.2, 0) is 9.53 Å². The lowest BCUT2D eigenvalue weighted by Gasteiger charge is -2.04. The molecule has 0 bridgehead atoms. The minimum atomic E-state index is -0.170. The van der Waals surface area contributed by atoms with E-state index in [1.807, 2.05) is 0 Å². The number of hydrogen-bond donors (Lipinski definition) is 0. The molecule has 3 heteroatoms. The standard InChI is InChI=1S/C5H8.C4H7BrO2/c1-2-5-3-4(1)5;1-2-4(6)7-3-5/h4-5H,1-3H2;2-3H2,1H3. The smallest absolute Gasteiger partial charge is 0.306 e. The molecule has 2 aliphatic carbocycles. The molecule has 2 aliphatic rings. The van der Waals surface area contributed by atoms with Crippen molar-refractivity contribution in [2.24, 2.45) is 11.8 Å². The Morgan fingerprint density at radius 2 is 2.08 bits per heavy atom. The minimum Gasteiger partial charge on any atom is -0.454 e. The van der Waals surface area contributed by atoms with Gasteiger partial charge in [0.25, 0.3) is 0 Å². The first-order valence-corrected chi connectivity index (χ1v) is 5.61. The van der Waals surface area contributed by atoms with E-state index in [1.165, 1.54) is 11.8 Å². The van der Waals surface area contributed by atoms with Crippen LogP contribution in [-0.4, -0.2) is 11.5 Å². The van der Waals surface area contributed by atoms with Gasteiger partial charge < -0.3 is 4.74 Å². The minimum absolute atomic E-state index is 0.170. The van der Waals surface area contributed by atoms with Gasteiger partial charge in [0.1, 0.15) is 5.52 Å². The third-order valence-electron chi connectivity index (χ3n) is 2.48. The van der Waals surface area contributed by atoms with E-state index in [9.17, 15) is 4.79 Å². The third-order valence-corrected chi connectivity index (χ3v) is 2.71. The number of esters is 1. The van der Waals surface area contributed by atoms with Gasteiger partial charge in [0.05, 0.1) is 0 Å². The number of rotatable bonds is 2. The number of halogens is 1. The molecule has 0 aromatic rings. The molecular weight excluding hydrogens is 220 g/mol. The second kappa shape index (κ2) is 4.85. The number of fused-ring (bicyclic) bond motifs is 1. The highest BCUT2D eigenvalue weighted by molar-refractivity contribution is 9.09. The molecule has 70 valence electrons. The van der Waals surface area contributed by atoms with Crippen LogP contribution in [0.25, 0.3) is 0 Å². The maximum atomic E-state index is 10.2. The van der Waals surface area contributed by atoms with Crippen molar-refractivity contribution in [2.45, 2.75) is 32.6 Å². The summed E-state index contributed by atoms with van der Waals surface area (Å²) in [5, 5.41) is 0. The van der Waals surface area contributed by atoms with Gasteiger partial charge in [-0.05, 0) is 47.0 Å². The van der Waals surface area contributed by atoms with Crippen LogP contribution in [0.5, 0.6) is 0 Å². The van der Waals surface area contributed by atoms with Crippen molar-refractivity contribution in [1.29, 1.82) is 0 Å². The predicted octanol–water partition coefficient (Wildman–Crippen LogP) is 2.71. The Bertz CT molecular complexity index is 147. The molecule has 0 amide bonds. The third kappa shape index (κ3) is 3.13. The predicted molar refractivity (Wildman–Crippen MR) is 51.0 cm³/mol. The van der Waals surface area contributed by atoms with Crippen molar-refractivity contribution in [3.05, 3.63) is 0 Å². The largest absolute Gasteiger partial charge is 0.454 e. The fourth-order valence-electron chi connectivity index (χ4n) is 1.35. The molecule has 2 unspecified atom stereocenters. The van der Waals surface area contributed by atoms with Crippen LogP contribution in [0.4, 0.5) is 0 Å². The van der Waals surface area contributed by atoms with E-state index in [-0.39, 0.29) is 5.97 Å². The number of ether oxygens (including phenoxy) is 1. The van der Waals surface area contributed by atoms with Crippen LogP contribution in [0.1, 0.15) is 32.6 Å². The Hall–Kier alpha value is -0.0500. The van der Waals surface area contributed by atoms with Crippen molar-refractivity contribution in [3.8, 4) is 0 Å². The van der Waals surface area contributed by atoms with Crippen LogP contribution in [0.15, 0.2) is 0 Å². The summed E-state index contributed by atoms with van der Waals surface area (Å²) >= 11 is 2.95. The second-order valence-corrected chi connectivity index (χ2v) is 3.77. The van der Waals surface area contributed by atoms with Crippen LogP contribution in [0, 0.1) is 11.8 Å². The van der Waals surface area contributed by atoms with Crippen molar-refractivity contribution in [3.63, 3.8) is 0 Å². The van der Waals surface area contributed by atoms with Crippen molar-refractivity contribution >= 4 is 21.9 Å².